The van der Waals surface area contributed by atoms with Gasteiger partial charge in [-0.1, -0.05) is 11.6 Å². The van der Waals surface area contributed by atoms with Gasteiger partial charge < -0.3 is 15.1 Å². The van der Waals surface area contributed by atoms with E-state index < -0.39 is 23.4 Å². The third-order valence-electron chi connectivity index (χ3n) is 3.45. The van der Waals surface area contributed by atoms with Crippen LogP contribution < -0.4 is 0 Å². The minimum Gasteiger partial charge on any atom is -0.388 e. The van der Waals surface area contributed by atoms with Gasteiger partial charge in [0.05, 0.1) is 17.3 Å². The lowest BCUT2D eigenvalue weighted by molar-refractivity contribution is -0.0999. The van der Waals surface area contributed by atoms with E-state index in [1.54, 1.807) is 0 Å². The Labute approximate surface area is 115 Å². The predicted octanol–water partition coefficient (Wildman–Crippen LogP) is 1.44. The zero-order valence-electron chi connectivity index (χ0n) is 10.4. The van der Waals surface area contributed by atoms with Crippen molar-refractivity contribution >= 4 is 17.5 Å². The minimum atomic E-state index is -1.22. The molecule has 1 aliphatic rings. The molecular weight excluding hydrogens is 273 g/mol. The first-order chi connectivity index (χ1) is 8.81. The molecule has 1 aromatic carbocycles. The molecule has 0 aliphatic carbocycles. The Hall–Kier alpha value is -1.17. The minimum absolute atomic E-state index is 0.0300. The number of amides is 1. The first-order valence-corrected chi connectivity index (χ1v) is 6.34. The van der Waals surface area contributed by atoms with E-state index in [9.17, 15) is 19.4 Å². The number of aliphatic hydroxyl groups excluding tert-OH is 1. The van der Waals surface area contributed by atoms with Crippen molar-refractivity contribution < 1.29 is 19.4 Å². The van der Waals surface area contributed by atoms with E-state index in [1.807, 2.05) is 0 Å². The van der Waals surface area contributed by atoms with E-state index in [0.717, 1.165) is 6.07 Å². The van der Waals surface area contributed by atoms with Crippen molar-refractivity contribution in [1.29, 1.82) is 0 Å². The van der Waals surface area contributed by atoms with Gasteiger partial charge >= 0.3 is 0 Å². The molecule has 6 heteroatoms. The molecule has 104 valence electrons. The average Bonchev–Trinajstić information content (AvgIpc) is 2.35. The third-order valence-corrected chi connectivity index (χ3v) is 3.68. The number of β-amino-alcohol motifs (C(OH)–C–C–N with tert-alkyl or cyclic N) is 1. The first kappa shape index (κ1) is 14.2. The maximum atomic E-state index is 13.6. The number of piperidine rings is 1. The van der Waals surface area contributed by atoms with E-state index in [2.05, 4.69) is 0 Å². The normalized spacial score (nSPS) is 27.4. The Bertz CT molecular complexity index is 507. The lowest BCUT2D eigenvalue weighted by Gasteiger charge is -2.39. The van der Waals surface area contributed by atoms with Gasteiger partial charge in [0.25, 0.3) is 5.91 Å². The molecule has 0 aromatic heterocycles. The Morgan fingerprint density at radius 2 is 2.26 bits per heavy atom. The van der Waals surface area contributed by atoms with Gasteiger partial charge in [0.1, 0.15) is 5.82 Å². The summed E-state index contributed by atoms with van der Waals surface area (Å²) < 4.78 is 13.6. The van der Waals surface area contributed by atoms with Crippen LogP contribution >= 0.6 is 11.6 Å². The van der Waals surface area contributed by atoms with Crippen molar-refractivity contribution in [3.8, 4) is 0 Å². The van der Waals surface area contributed by atoms with Gasteiger partial charge in [0, 0.05) is 18.1 Å². The van der Waals surface area contributed by atoms with E-state index in [4.69, 9.17) is 11.6 Å². The van der Waals surface area contributed by atoms with Crippen molar-refractivity contribution in [2.24, 2.45) is 0 Å². The molecule has 2 atom stereocenters. The van der Waals surface area contributed by atoms with Crippen LogP contribution in [0.4, 0.5) is 4.39 Å². The molecule has 0 radical (unpaired) electrons. The summed E-state index contributed by atoms with van der Waals surface area (Å²) in [6.07, 6.45) is -0.810. The fraction of sp³-hybridized carbons (Fsp3) is 0.462. The van der Waals surface area contributed by atoms with Gasteiger partial charge in [-0.25, -0.2) is 4.39 Å². The van der Waals surface area contributed by atoms with Gasteiger partial charge in [-0.3, -0.25) is 4.79 Å². The standard InChI is InChI=1S/C13H15ClFNO3/c1-13(19)4-5-16(7-11(13)17)12(18)9-6-8(14)2-3-10(9)15/h2-3,6,11,17,19H,4-5,7H2,1H3. The Balaban J connectivity index is 2.19. The van der Waals surface area contributed by atoms with Gasteiger partial charge in [-0.15, -0.1) is 0 Å². The number of benzene rings is 1. The van der Waals surface area contributed by atoms with Gasteiger partial charge in [-0.2, -0.15) is 0 Å². The molecule has 4 nitrogen and oxygen atoms in total. The predicted molar refractivity (Wildman–Crippen MR) is 68.6 cm³/mol. The molecule has 1 aliphatic heterocycles. The molecule has 2 rings (SSSR count). The summed E-state index contributed by atoms with van der Waals surface area (Å²) in [5.41, 5.74) is -1.34. The van der Waals surface area contributed by atoms with Gasteiger partial charge in [-0.05, 0) is 31.5 Å². The molecule has 1 saturated heterocycles. The molecule has 1 amide bonds. The zero-order chi connectivity index (χ0) is 14.2. The van der Waals surface area contributed by atoms with Crippen molar-refractivity contribution in [1.82, 2.24) is 4.90 Å². The summed E-state index contributed by atoms with van der Waals surface area (Å²) in [5.74, 6) is -1.18. The molecule has 1 aromatic rings. The van der Waals surface area contributed by atoms with Crippen LogP contribution in [0.5, 0.6) is 0 Å². The average molecular weight is 288 g/mol. The quantitative estimate of drug-likeness (QED) is 0.822. The van der Waals surface area contributed by atoms with Crippen LogP contribution in [-0.2, 0) is 0 Å². The van der Waals surface area contributed by atoms with Gasteiger partial charge in [0.2, 0.25) is 0 Å². The summed E-state index contributed by atoms with van der Waals surface area (Å²) in [7, 11) is 0. The number of rotatable bonds is 1. The Morgan fingerprint density at radius 3 is 2.89 bits per heavy atom. The van der Waals surface area contributed by atoms with Crippen LogP contribution in [0.3, 0.4) is 0 Å². The monoisotopic (exact) mass is 287 g/mol. The van der Waals surface area contributed by atoms with Crippen LogP contribution in [0.15, 0.2) is 18.2 Å². The molecule has 2 N–H and O–H groups in total. The fourth-order valence-corrected chi connectivity index (χ4v) is 2.21. The maximum Gasteiger partial charge on any atom is 0.256 e. The van der Waals surface area contributed by atoms with Crippen molar-refractivity contribution in [3.05, 3.63) is 34.6 Å². The van der Waals surface area contributed by atoms with Crippen LogP contribution in [0.1, 0.15) is 23.7 Å². The van der Waals surface area contributed by atoms with Crippen LogP contribution in [-0.4, -0.2) is 45.8 Å². The fourth-order valence-electron chi connectivity index (χ4n) is 2.04. The highest BCUT2D eigenvalue weighted by Gasteiger charge is 2.38. The molecule has 0 spiro atoms. The highest BCUT2D eigenvalue weighted by Crippen LogP contribution is 2.24. The van der Waals surface area contributed by atoms with Crippen molar-refractivity contribution in [2.75, 3.05) is 13.1 Å². The lowest BCUT2D eigenvalue weighted by Crippen LogP contribution is -2.55. The molecular formula is C13H15ClFNO3. The maximum absolute atomic E-state index is 13.6. The number of carbonyl (C=O) groups excluding carboxylic acids is 1. The summed E-state index contributed by atoms with van der Waals surface area (Å²) in [6.45, 7) is 1.74. The Morgan fingerprint density at radius 1 is 1.58 bits per heavy atom. The number of hydrogen-bond acceptors (Lipinski definition) is 3. The molecule has 19 heavy (non-hydrogen) atoms. The molecule has 2 unspecified atom stereocenters. The van der Waals surface area contributed by atoms with Crippen LogP contribution in [0.25, 0.3) is 0 Å². The number of hydrogen-bond donors (Lipinski definition) is 2. The highest BCUT2D eigenvalue weighted by molar-refractivity contribution is 6.31. The van der Waals surface area contributed by atoms with E-state index >= 15 is 0 Å². The zero-order valence-corrected chi connectivity index (χ0v) is 11.2. The molecule has 1 fully saturated rings. The smallest absolute Gasteiger partial charge is 0.256 e. The number of nitrogens with zero attached hydrogens (tertiary/aromatic N) is 1. The van der Waals surface area contributed by atoms with Gasteiger partial charge in [0.15, 0.2) is 0 Å². The largest absolute Gasteiger partial charge is 0.388 e. The second-order valence-electron chi connectivity index (χ2n) is 5.00. The SMILES string of the molecule is CC1(O)CCN(C(=O)c2cc(Cl)ccc2F)CC1O. The van der Waals surface area contributed by atoms with Crippen molar-refractivity contribution in [2.45, 2.75) is 25.0 Å². The highest BCUT2D eigenvalue weighted by atomic mass is 35.5. The van der Waals surface area contributed by atoms with E-state index in [1.165, 1.54) is 24.0 Å². The first-order valence-electron chi connectivity index (χ1n) is 5.96. The van der Waals surface area contributed by atoms with Crippen LogP contribution in [0.2, 0.25) is 5.02 Å². The second-order valence-corrected chi connectivity index (χ2v) is 5.43. The molecule has 0 bridgehead atoms. The number of halogens is 2. The number of aliphatic hydroxyl groups is 2. The van der Waals surface area contributed by atoms with Crippen molar-refractivity contribution in [3.63, 3.8) is 0 Å². The topological polar surface area (TPSA) is 60.8 Å². The Kier molecular flexibility index (Phi) is 3.80. The summed E-state index contributed by atoms with van der Waals surface area (Å²) in [5, 5.41) is 19.9. The lowest BCUT2D eigenvalue weighted by atomic mass is 9.90. The summed E-state index contributed by atoms with van der Waals surface area (Å²) >= 11 is 5.75. The number of likely N-dealkylation sites (tertiary alicyclic amines) is 1. The van der Waals surface area contributed by atoms with E-state index in [-0.39, 0.29) is 30.1 Å². The van der Waals surface area contributed by atoms with Crippen LogP contribution in [0, 0.1) is 5.82 Å². The third kappa shape index (κ3) is 2.88. The molecule has 0 saturated carbocycles. The summed E-state index contributed by atoms with van der Waals surface area (Å²) in [4.78, 5) is 13.5. The second kappa shape index (κ2) is 5.07. The number of carbonyl (C=O) groups is 1. The summed E-state index contributed by atoms with van der Waals surface area (Å²) in [6, 6.07) is 3.76. The van der Waals surface area contributed by atoms with E-state index in [0.29, 0.717) is 0 Å². The molecule has 1 heterocycles.